The highest BCUT2D eigenvalue weighted by Crippen LogP contribution is 2.21. The van der Waals surface area contributed by atoms with Crippen molar-refractivity contribution in [2.24, 2.45) is 0 Å². The zero-order valence-corrected chi connectivity index (χ0v) is 10.9. The second kappa shape index (κ2) is 5.40. The normalized spacial score (nSPS) is 15.7. The molecular formula is C14H18N4O. The van der Waals surface area contributed by atoms with Crippen molar-refractivity contribution in [1.29, 1.82) is 0 Å². The number of aromatic nitrogens is 3. The van der Waals surface area contributed by atoms with Crippen LogP contribution in [0, 0.1) is 0 Å². The van der Waals surface area contributed by atoms with Gasteiger partial charge >= 0.3 is 0 Å². The molecule has 1 fully saturated rings. The summed E-state index contributed by atoms with van der Waals surface area (Å²) >= 11 is 0. The molecule has 1 N–H and O–H groups in total. The van der Waals surface area contributed by atoms with Crippen molar-refractivity contribution in [1.82, 2.24) is 15.0 Å². The lowest BCUT2D eigenvalue weighted by Crippen LogP contribution is -2.29. The molecule has 0 radical (unpaired) electrons. The van der Waals surface area contributed by atoms with E-state index in [1.165, 1.54) is 24.9 Å². The summed E-state index contributed by atoms with van der Waals surface area (Å²) in [5.74, 6) is 0. The third-order valence-corrected chi connectivity index (χ3v) is 3.54. The second-order valence-electron chi connectivity index (χ2n) is 4.88. The maximum atomic E-state index is 8.99. The van der Waals surface area contributed by atoms with E-state index in [0.29, 0.717) is 5.69 Å². The summed E-state index contributed by atoms with van der Waals surface area (Å²) in [7, 11) is 0. The van der Waals surface area contributed by atoms with Crippen LogP contribution < -0.4 is 4.90 Å². The van der Waals surface area contributed by atoms with Crippen LogP contribution in [0.1, 0.15) is 25.0 Å². The quantitative estimate of drug-likeness (QED) is 0.911. The van der Waals surface area contributed by atoms with E-state index in [4.69, 9.17) is 5.11 Å². The third kappa shape index (κ3) is 2.61. The van der Waals surface area contributed by atoms with Crippen molar-refractivity contribution in [3.8, 4) is 5.69 Å². The number of rotatable bonds is 3. The number of aliphatic hydroxyl groups is 1. The first kappa shape index (κ1) is 12.2. The Labute approximate surface area is 112 Å². The van der Waals surface area contributed by atoms with Crippen LogP contribution in [-0.2, 0) is 6.61 Å². The number of hydrogen-bond donors (Lipinski definition) is 1. The van der Waals surface area contributed by atoms with Crippen LogP contribution >= 0.6 is 0 Å². The van der Waals surface area contributed by atoms with Gasteiger partial charge in [-0.3, -0.25) is 0 Å². The van der Waals surface area contributed by atoms with Crippen molar-refractivity contribution in [3.63, 3.8) is 0 Å². The Kier molecular flexibility index (Phi) is 3.46. The highest BCUT2D eigenvalue weighted by molar-refractivity contribution is 5.51. The van der Waals surface area contributed by atoms with Gasteiger partial charge in [0.2, 0.25) is 0 Å². The SMILES string of the molecule is OCc1cn(-c2ccc(N3CCCCC3)cc2)nn1. The summed E-state index contributed by atoms with van der Waals surface area (Å²) < 4.78 is 1.69. The first-order valence-corrected chi connectivity index (χ1v) is 6.74. The average Bonchev–Trinajstić information content (AvgIpc) is 2.97. The van der Waals surface area contributed by atoms with Crippen molar-refractivity contribution in [2.75, 3.05) is 18.0 Å². The van der Waals surface area contributed by atoms with Gasteiger partial charge in [-0.1, -0.05) is 5.21 Å². The molecule has 1 saturated heterocycles. The van der Waals surface area contributed by atoms with E-state index in [-0.39, 0.29) is 6.61 Å². The molecule has 0 saturated carbocycles. The minimum absolute atomic E-state index is 0.0775. The van der Waals surface area contributed by atoms with Gasteiger partial charge in [-0.2, -0.15) is 0 Å². The van der Waals surface area contributed by atoms with Crippen LogP contribution in [0.25, 0.3) is 5.69 Å². The molecule has 5 nitrogen and oxygen atoms in total. The summed E-state index contributed by atoms with van der Waals surface area (Å²) in [6.45, 7) is 2.22. The number of benzene rings is 1. The van der Waals surface area contributed by atoms with Crippen molar-refractivity contribution >= 4 is 5.69 Å². The van der Waals surface area contributed by atoms with Crippen LogP contribution in [0.2, 0.25) is 0 Å². The van der Waals surface area contributed by atoms with Crippen molar-refractivity contribution in [3.05, 3.63) is 36.2 Å². The largest absolute Gasteiger partial charge is 0.390 e. The van der Waals surface area contributed by atoms with E-state index < -0.39 is 0 Å². The van der Waals surface area contributed by atoms with E-state index in [2.05, 4.69) is 27.3 Å². The predicted molar refractivity (Wildman–Crippen MR) is 73.3 cm³/mol. The van der Waals surface area contributed by atoms with Gasteiger partial charge in [0, 0.05) is 18.8 Å². The number of aliphatic hydroxyl groups excluding tert-OH is 1. The van der Waals surface area contributed by atoms with Gasteiger partial charge < -0.3 is 10.0 Å². The molecular weight excluding hydrogens is 240 g/mol. The summed E-state index contributed by atoms with van der Waals surface area (Å²) in [6.07, 6.45) is 5.66. The summed E-state index contributed by atoms with van der Waals surface area (Å²) in [5, 5.41) is 16.9. The molecule has 2 aromatic rings. The molecule has 5 heteroatoms. The van der Waals surface area contributed by atoms with Crippen LogP contribution in [-0.4, -0.2) is 33.2 Å². The first-order valence-electron chi connectivity index (χ1n) is 6.74. The molecule has 0 amide bonds. The molecule has 0 unspecified atom stereocenters. The Morgan fingerprint density at radius 1 is 1.00 bits per heavy atom. The molecule has 1 aromatic carbocycles. The minimum Gasteiger partial charge on any atom is -0.390 e. The average molecular weight is 258 g/mol. The van der Waals surface area contributed by atoms with E-state index in [1.807, 2.05) is 12.1 Å². The zero-order chi connectivity index (χ0) is 13.1. The van der Waals surface area contributed by atoms with E-state index in [9.17, 15) is 0 Å². The highest BCUT2D eigenvalue weighted by atomic mass is 16.3. The summed E-state index contributed by atoms with van der Waals surface area (Å²) in [6, 6.07) is 8.33. The Hall–Kier alpha value is -1.88. The maximum Gasteiger partial charge on any atom is 0.109 e. The van der Waals surface area contributed by atoms with Crippen LogP contribution in [0.5, 0.6) is 0 Å². The fraction of sp³-hybridized carbons (Fsp3) is 0.429. The van der Waals surface area contributed by atoms with Crippen molar-refractivity contribution < 1.29 is 5.11 Å². The topological polar surface area (TPSA) is 54.2 Å². The van der Waals surface area contributed by atoms with Gasteiger partial charge in [0.25, 0.3) is 0 Å². The minimum atomic E-state index is -0.0775. The molecule has 1 aliphatic heterocycles. The standard InChI is InChI=1S/C14H18N4O/c19-11-12-10-18(16-15-12)14-6-4-13(5-7-14)17-8-2-1-3-9-17/h4-7,10,19H,1-3,8-9,11H2. The number of anilines is 1. The predicted octanol–water partition coefficient (Wildman–Crippen LogP) is 1.75. The summed E-state index contributed by atoms with van der Waals surface area (Å²) in [4.78, 5) is 2.42. The number of piperidine rings is 1. The molecule has 1 aromatic heterocycles. The molecule has 0 bridgehead atoms. The fourth-order valence-electron chi connectivity index (χ4n) is 2.47. The van der Waals surface area contributed by atoms with Crippen LogP contribution in [0.4, 0.5) is 5.69 Å². The van der Waals surface area contributed by atoms with Gasteiger partial charge in [0.15, 0.2) is 0 Å². The van der Waals surface area contributed by atoms with E-state index >= 15 is 0 Å². The van der Waals surface area contributed by atoms with Gasteiger partial charge in [0.1, 0.15) is 5.69 Å². The molecule has 0 atom stereocenters. The maximum absolute atomic E-state index is 8.99. The van der Waals surface area contributed by atoms with Crippen LogP contribution in [0.15, 0.2) is 30.5 Å². The Balaban J connectivity index is 1.78. The van der Waals surface area contributed by atoms with E-state index in [0.717, 1.165) is 18.8 Å². The second-order valence-corrected chi connectivity index (χ2v) is 4.88. The Morgan fingerprint density at radius 3 is 2.32 bits per heavy atom. The lowest BCUT2D eigenvalue weighted by Gasteiger charge is -2.28. The highest BCUT2D eigenvalue weighted by Gasteiger charge is 2.10. The smallest absolute Gasteiger partial charge is 0.109 e. The van der Waals surface area contributed by atoms with Gasteiger partial charge in [-0.15, -0.1) is 5.10 Å². The molecule has 2 heterocycles. The summed E-state index contributed by atoms with van der Waals surface area (Å²) in [5.41, 5.74) is 2.82. The molecule has 100 valence electrons. The van der Waals surface area contributed by atoms with E-state index in [1.54, 1.807) is 10.9 Å². The molecule has 19 heavy (non-hydrogen) atoms. The van der Waals surface area contributed by atoms with Gasteiger partial charge in [-0.05, 0) is 43.5 Å². The molecule has 0 aliphatic carbocycles. The molecule has 3 rings (SSSR count). The zero-order valence-electron chi connectivity index (χ0n) is 10.9. The lowest BCUT2D eigenvalue weighted by molar-refractivity contribution is 0.276. The monoisotopic (exact) mass is 258 g/mol. The lowest BCUT2D eigenvalue weighted by atomic mass is 10.1. The van der Waals surface area contributed by atoms with Gasteiger partial charge in [0.05, 0.1) is 18.5 Å². The number of hydrogen-bond acceptors (Lipinski definition) is 4. The van der Waals surface area contributed by atoms with Gasteiger partial charge in [-0.25, -0.2) is 4.68 Å². The number of nitrogens with zero attached hydrogens (tertiary/aromatic N) is 4. The Morgan fingerprint density at radius 2 is 1.68 bits per heavy atom. The molecule has 1 aliphatic rings. The first-order chi connectivity index (χ1) is 9.36. The Bertz CT molecular complexity index is 529. The van der Waals surface area contributed by atoms with Crippen LogP contribution in [0.3, 0.4) is 0 Å². The fourth-order valence-corrected chi connectivity index (χ4v) is 2.47. The molecule has 0 spiro atoms. The third-order valence-electron chi connectivity index (χ3n) is 3.54. The van der Waals surface area contributed by atoms with Crippen molar-refractivity contribution in [2.45, 2.75) is 25.9 Å².